The van der Waals surface area contributed by atoms with Crippen molar-refractivity contribution < 1.29 is 33.0 Å². The second kappa shape index (κ2) is 11.0. The number of Topliss-reactive ketones (excluding diaryl/α,β-unsaturated/α-hetero) is 1. The molecular formula is C23H31F3N5O3+. The van der Waals surface area contributed by atoms with Crippen LogP contribution in [0, 0.1) is 11.8 Å². The molecule has 2 unspecified atom stereocenters. The van der Waals surface area contributed by atoms with E-state index >= 15 is 0 Å². The summed E-state index contributed by atoms with van der Waals surface area (Å²) >= 11 is 0. The first kappa shape index (κ1) is 25.6. The molecule has 2 fully saturated rings. The van der Waals surface area contributed by atoms with Crippen LogP contribution >= 0.6 is 0 Å². The number of alkyl halides is 3. The SMILES string of the molecule is CC(=O)C(=[NH2+])c1ccncc1NCC(=O)N1CCC[C@H]1C(=O)NCC1CCCC(C(F)(F)F)C1. The molecule has 1 aliphatic heterocycles. The fraction of sp³-hybridized carbons (Fsp3) is 0.609. The van der Waals surface area contributed by atoms with Crippen LogP contribution in [-0.2, 0) is 14.4 Å². The van der Waals surface area contributed by atoms with Gasteiger partial charge in [-0.1, -0.05) is 6.42 Å². The number of nitrogens with one attached hydrogen (secondary N) is 2. The zero-order chi connectivity index (χ0) is 24.9. The lowest BCUT2D eigenvalue weighted by Crippen LogP contribution is -2.49. The highest BCUT2D eigenvalue weighted by molar-refractivity contribution is 6.43. The minimum Gasteiger partial charge on any atom is -0.374 e. The molecule has 1 saturated heterocycles. The van der Waals surface area contributed by atoms with Crippen LogP contribution in [0.4, 0.5) is 18.9 Å². The van der Waals surface area contributed by atoms with Gasteiger partial charge in [-0.15, -0.1) is 0 Å². The van der Waals surface area contributed by atoms with Crippen molar-refractivity contribution in [1.29, 1.82) is 0 Å². The van der Waals surface area contributed by atoms with Crippen molar-refractivity contribution in [3.63, 3.8) is 0 Å². The van der Waals surface area contributed by atoms with Crippen LogP contribution in [0.15, 0.2) is 18.5 Å². The Labute approximate surface area is 196 Å². The van der Waals surface area contributed by atoms with E-state index < -0.39 is 18.1 Å². The maximum Gasteiger partial charge on any atom is 0.391 e. The number of rotatable bonds is 8. The molecular weight excluding hydrogens is 451 g/mol. The van der Waals surface area contributed by atoms with Crippen molar-refractivity contribution in [2.24, 2.45) is 11.8 Å². The van der Waals surface area contributed by atoms with Gasteiger partial charge < -0.3 is 15.5 Å². The molecule has 1 saturated carbocycles. The Morgan fingerprint density at radius 1 is 1.21 bits per heavy atom. The molecule has 3 atom stereocenters. The first-order valence-corrected chi connectivity index (χ1v) is 11.5. The van der Waals surface area contributed by atoms with E-state index in [-0.39, 0.29) is 55.2 Å². The van der Waals surface area contributed by atoms with Crippen molar-refractivity contribution >= 4 is 29.0 Å². The molecule has 1 aromatic rings. The summed E-state index contributed by atoms with van der Waals surface area (Å²) in [6.07, 6.45) is 1.21. The third kappa shape index (κ3) is 6.32. The van der Waals surface area contributed by atoms with Crippen molar-refractivity contribution in [3.05, 3.63) is 24.0 Å². The van der Waals surface area contributed by atoms with Crippen LogP contribution in [0.2, 0.25) is 0 Å². The van der Waals surface area contributed by atoms with Crippen molar-refractivity contribution in [2.75, 3.05) is 25.0 Å². The summed E-state index contributed by atoms with van der Waals surface area (Å²) in [4.78, 5) is 42.7. The number of ketones is 1. The Morgan fingerprint density at radius 2 is 1.97 bits per heavy atom. The lowest BCUT2D eigenvalue weighted by molar-refractivity contribution is -0.185. The fourth-order valence-corrected chi connectivity index (χ4v) is 4.71. The molecule has 1 aliphatic carbocycles. The molecule has 8 nitrogen and oxygen atoms in total. The van der Waals surface area contributed by atoms with Crippen molar-refractivity contribution in [3.8, 4) is 0 Å². The molecule has 1 aromatic heterocycles. The van der Waals surface area contributed by atoms with Crippen LogP contribution in [0.3, 0.4) is 0 Å². The van der Waals surface area contributed by atoms with Gasteiger partial charge in [0.15, 0.2) is 0 Å². The zero-order valence-corrected chi connectivity index (χ0v) is 19.2. The fourth-order valence-electron chi connectivity index (χ4n) is 4.71. The number of pyridine rings is 1. The molecule has 2 amide bonds. The third-order valence-electron chi connectivity index (χ3n) is 6.61. The molecule has 186 valence electrons. The van der Waals surface area contributed by atoms with Crippen LogP contribution in [0.25, 0.3) is 0 Å². The molecule has 0 spiro atoms. The summed E-state index contributed by atoms with van der Waals surface area (Å²) in [6, 6.07) is 0.920. The number of amides is 2. The monoisotopic (exact) mass is 482 g/mol. The summed E-state index contributed by atoms with van der Waals surface area (Å²) in [5.74, 6) is -2.48. The summed E-state index contributed by atoms with van der Waals surface area (Å²) in [5, 5.41) is 11.6. The second-order valence-electron chi connectivity index (χ2n) is 9.01. The highest BCUT2D eigenvalue weighted by Gasteiger charge is 2.42. The van der Waals surface area contributed by atoms with Gasteiger partial charge in [0.1, 0.15) is 6.04 Å². The average molecular weight is 483 g/mol. The third-order valence-corrected chi connectivity index (χ3v) is 6.61. The Hall–Kier alpha value is -2.98. The number of hydrogen-bond acceptors (Lipinski definition) is 5. The molecule has 2 heterocycles. The smallest absolute Gasteiger partial charge is 0.374 e. The number of likely N-dealkylation sites (tertiary alicyclic amines) is 1. The number of aromatic nitrogens is 1. The molecule has 11 heteroatoms. The highest BCUT2D eigenvalue weighted by Crippen LogP contribution is 2.39. The van der Waals surface area contributed by atoms with Crippen LogP contribution < -0.4 is 16.0 Å². The van der Waals surface area contributed by atoms with Crippen LogP contribution in [-0.4, -0.2) is 65.0 Å². The van der Waals surface area contributed by atoms with Gasteiger partial charge in [-0.25, -0.2) is 0 Å². The van der Waals surface area contributed by atoms with Gasteiger partial charge >= 0.3 is 6.18 Å². The minimum atomic E-state index is -4.20. The Bertz CT molecular complexity index is 937. The van der Waals surface area contributed by atoms with E-state index in [9.17, 15) is 27.6 Å². The second-order valence-corrected chi connectivity index (χ2v) is 9.01. The predicted molar refractivity (Wildman–Crippen MR) is 119 cm³/mol. The quantitative estimate of drug-likeness (QED) is 0.480. The summed E-state index contributed by atoms with van der Waals surface area (Å²) in [6.45, 7) is 1.82. The molecule has 4 N–H and O–H groups in total. The minimum absolute atomic E-state index is 0.0227. The van der Waals surface area contributed by atoms with Crippen molar-refractivity contribution in [2.45, 2.75) is 57.7 Å². The number of nitrogens with two attached hydrogens (primary N) is 1. The van der Waals surface area contributed by atoms with E-state index in [0.29, 0.717) is 43.5 Å². The lowest BCUT2D eigenvalue weighted by Gasteiger charge is -2.31. The number of carbonyl (C=O) groups is 3. The topological polar surface area (TPSA) is 117 Å². The van der Waals surface area contributed by atoms with E-state index in [4.69, 9.17) is 5.41 Å². The average Bonchev–Trinajstić information content (AvgIpc) is 3.30. The molecule has 34 heavy (non-hydrogen) atoms. The maximum absolute atomic E-state index is 13.0. The van der Waals surface area contributed by atoms with Gasteiger partial charge in [-0.2, -0.15) is 13.2 Å². The van der Waals surface area contributed by atoms with E-state index in [1.807, 2.05) is 0 Å². The summed E-state index contributed by atoms with van der Waals surface area (Å²) in [7, 11) is 0. The van der Waals surface area contributed by atoms with Crippen LogP contribution in [0.5, 0.6) is 0 Å². The number of nitrogens with zero attached hydrogens (tertiary/aromatic N) is 2. The summed E-state index contributed by atoms with van der Waals surface area (Å²) < 4.78 is 39.1. The number of halogens is 3. The first-order valence-electron chi connectivity index (χ1n) is 11.5. The highest BCUT2D eigenvalue weighted by atomic mass is 19.4. The standard InChI is InChI=1S/C23H30F3N5O3/c1-14(32)21(27)17-7-8-28-12-18(17)29-13-20(33)31-9-3-6-19(31)22(34)30-11-15-4-2-5-16(10-15)23(24,25)26/h7-8,12,15-16,19,27,29H,2-6,9-11,13H2,1H3,(H,30,34)/p+1/t15?,16?,19-/m0/s1. The van der Waals surface area contributed by atoms with Gasteiger partial charge in [0.25, 0.3) is 0 Å². The molecule has 3 rings (SSSR count). The number of anilines is 1. The maximum atomic E-state index is 13.0. The molecule has 2 aliphatic rings. The van der Waals surface area contributed by atoms with Crippen LogP contribution in [0.1, 0.15) is 51.0 Å². The predicted octanol–water partition coefficient (Wildman–Crippen LogP) is 1.11. The van der Waals surface area contributed by atoms with Gasteiger partial charge in [-0.05, 0) is 44.1 Å². The molecule has 0 aromatic carbocycles. The Balaban J connectivity index is 1.54. The van der Waals surface area contributed by atoms with Gasteiger partial charge in [0.2, 0.25) is 23.3 Å². The van der Waals surface area contributed by atoms with E-state index in [1.54, 1.807) is 6.07 Å². The Kier molecular flexibility index (Phi) is 8.27. The van der Waals surface area contributed by atoms with Gasteiger partial charge in [-0.3, -0.25) is 24.8 Å². The normalized spacial score (nSPS) is 22.8. The molecule has 0 radical (unpaired) electrons. The van der Waals surface area contributed by atoms with E-state index in [1.165, 1.54) is 24.2 Å². The largest absolute Gasteiger partial charge is 0.391 e. The number of hydrogen-bond donors (Lipinski definition) is 3. The number of carbonyl (C=O) groups excluding carboxylic acids is 3. The van der Waals surface area contributed by atoms with Gasteiger partial charge in [0.05, 0.1) is 29.9 Å². The van der Waals surface area contributed by atoms with Gasteiger partial charge in [0, 0.05) is 26.2 Å². The summed E-state index contributed by atoms with van der Waals surface area (Å²) in [5.41, 5.74) is 0.919. The molecule has 0 bridgehead atoms. The first-order chi connectivity index (χ1) is 16.1. The Morgan fingerprint density at radius 3 is 2.68 bits per heavy atom. The zero-order valence-electron chi connectivity index (χ0n) is 19.2. The van der Waals surface area contributed by atoms with E-state index in [2.05, 4.69) is 15.6 Å². The van der Waals surface area contributed by atoms with E-state index in [0.717, 1.165) is 0 Å². The van der Waals surface area contributed by atoms with Crippen molar-refractivity contribution in [1.82, 2.24) is 15.2 Å². The lowest BCUT2D eigenvalue weighted by atomic mass is 9.81.